The molecule has 0 bridgehead atoms. The number of aryl methyl sites for hydroxylation is 4. The van der Waals surface area contributed by atoms with Crippen molar-refractivity contribution in [2.45, 2.75) is 105 Å². The van der Waals surface area contributed by atoms with Crippen molar-refractivity contribution in [2.24, 2.45) is 0 Å². The van der Waals surface area contributed by atoms with Gasteiger partial charge < -0.3 is 39.9 Å². The normalized spacial score (nSPS) is 18.9. The first-order valence-electron chi connectivity index (χ1n) is 26.2. The van der Waals surface area contributed by atoms with Gasteiger partial charge in [0.25, 0.3) is 11.1 Å². The van der Waals surface area contributed by atoms with Gasteiger partial charge in [0.1, 0.15) is 34.3 Å². The van der Waals surface area contributed by atoms with Gasteiger partial charge in [0.15, 0.2) is 11.6 Å². The van der Waals surface area contributed by atoms with E-state index in [1.807, 2.05) is 95.6 Å². The number of H-pyrrole nitrogens is 2. The minimum atomic E-state index is -0.529. The zero-order valence-electron chi connectivity index (χ0n) is 44.1. The first kappa shape index (κ1) is 51.7. The van der Waals surface area contributed by atoms with Crippen molar-refractivity contribution < 1.29 is 19.1 Å². The van der Waals surface area contributed by atoms with Crippen LogP contribution >= 0.6 is 0 Å². The highest BCUT2D eigenvalue weighted by atomic mass is 16.5. The molecule has 14 heteroatoms. The summed E-state index contributed by atoms with van der Waals surface area (Å²) >= 11 is 0. The number of nitrogens with zero attached hydrogens (tertiary/aromatic N) is 4. The molecule has 4 aliphatic heterocycles. The second-order valence-corrected chi connectivity index (χ2v) is 20.9. The largest absolute Gasteiger partial charge is 0.486 e. The van der Waals surface area contributed by atoms with Crippen LogP contribution in [0.15, 0.2) is 95.3 Å². The average molecular weight is 999 g/mol. The van der Waals surface area contributed by atoms with Crippen LogP contribution in [0.1, 0.15) is 106 Å². The lowest BCUT2D eigenvalue weighted by Gasteiger charge is -2.28. The molecule has 386 valence electrons. The Hall–Kier alpha value is -7.16. The molecule has 10 rings (SSSR count). The number of carbonyl (C=O) groups is 2. The molecule has 4 N–H and O–H groups in total. The molecule has 2 aromatic carbocycles. The second kappa shape index (κ2) is 21.7. The maximum Gasteiger partial charge on any atom is 0.251 e. The van der Waals surface area contributed by atoms with Gasteiger partial charge in [0, 0.05) is 146 Å². The van der Waals surface area contributed by atoms with E-state index in [1.54, 1.807) is 0 Å². The Kier molecular flexibility index (Phi) is 15.2. The Morgan fingerprint density at radius 3 is 1.50 bits per heavy atom. The first-order valence-corrected chi connectivity index (χ1v) is 26.2. The fourth-order valence-electron chi connectivity index (χ4n) is 10.7. The topological polar surface area (TPSA) is 175 Å². The number of aromatic amines is 2. The third-order valence-electron chi connectivity index (χ3n) is 15.1. The maximum absolute atomic E-state index is 13.4. The summed E-state index contributed by atoms with van der Waals surface area (Å²) in [5.74, 6) is 3.57. The van der Waals surface area contributed by atoms with E-state index in [9.17, 15) is 19.2 Å². The van der Waals surface area contributed by atoms with Crippen molar-refractivity contribution in [3.05, 3.63) is 162 Å². The third kappa shape index (κ3) is 11.3. The fraction of sp³-hybridized carbons (Fsp3) is 0.400. The Balaban J connectivity index is 0.000000182. The molecule has 2 unspecified atom stereocenters. The Labute approximate surface area is 434 Å². The maximum atomic E-state index is 13.4. The number of nitrogens with one attached hydrogen (secondary N) is 4. The van der Waals surface area contributed by atoms with Gasteiger partial charge in [0.05, 0.1) is 0 Å². The van der Waals surface area contributed by atoms with Gasteiger partial charge in [-0.2, -0.15) is 0 Å². The van der Waals surface area contributed by atoms with Crippen molar-refractivity contribution >= 4 is 23.2 Å². The summed E-state index contributed by atoms with van der Waals surface area (Å²) in [7, 11) is 0. The molecule has 2 atom stereocenters. The summed E-state index contributed by atoms with van der Waals surface area (Å²) in [5, 5.41) is 6.74. The van der Waals surface area contributed by atoms with E-state index in [-0.39, 0.29) is 41.1 Å². The van der Waals surface area contributed by atoms with Crippen LogP contribution in [0.2, 0.25) is 0 Å². The lowest BCUT2D eigenvalue weighted by Crippen LogP contribution is -2.43. The number of benzene rings is 2. The lowest BCUT2D eigenvalue weighted by atomic mass is 9.91. The highest BCUT2D eigenvalue weighted by Gasteiger charge is 2.37. The number of fused-ring (bicyclic) bond motifs is 2. The molecule has 74 heavy (non-hydrogen) atoms. The second-order valence-electron chi connectivity index (χ2n) is 20.9. The summed E-state index contributed by atoms with van der Waals surface area (Å²) < 4.78 is 12.8. The quantitative estimate of drug-likeness (QED) is 0.0606. The summed E-state index contributed by atoms with van der Waals surface area (Å²) in [6, 6.07) is 19.9. The number of piperazine rings is 2. The molecule has 8 heterocycles. The molecule has 4 aromatic heterocycles. The lowest BCUT2D eigenvalue weighted by molar-refractivity contribution is 0.0974. The molecule has 14 nitrogen and oxygen atoms in total. The number of ether oxygens (including phenoxy) is 2. The average Bonchev–Trinajstić information content (AvgIpc) is 3.95. The van der Waals surface area contributed by atoms with Crippen molar-refractivity contribution in [3.63, 3.8) is 0 Å². The summed E-state index contributed by atoms with van der Waals surface area (Å²) in [6.07, 6.45) is 9.19. The highest BCUT2D eigenvalue weighted by Crippen LogP contribution is 2.46. The monoisotopic (exact) mass is 999 g/mol. The van der Waals surface area contributed by atoms with Gasteiger partial charge >= 0.3 is 0 Å². The number of carbonyl (C=O) groups excluding carboxylic acids is 2. The number of hydrogen-bond donors (Lipinski definition) is 4. The number of aromatic nitrogens is 4. The Bertz CT molecular complexity index is 3210. The molecule has 0 aliphatic carbocycles. The predicted octanol–water partition coefficient (Wildman–Crippen LogP) is 8.54. The van der Waals surface area contributed by atoms with Gasteiger partial charge in [0.2, 0.25) is 0 Å². The number of anilines is 2. The molecular weight excluding hydrogens is 929 g/mol. The van der Waals surface area contributed by atoms with Crippen molar-refractivity contribution in [1.82, 2.24) is 30.6 Å². The smallest absolute Gasteiger partial charge is 0.251 e. The van der Waals surface area contributed by atoms with Crippen LogP contribution in [0.25, 0.3) is 22.3 Å². The van der Waals surface area contributed by atoms with E-state index >= 15 is 0 Å². The van der Waals surface area contributed by atoms with Crippen molar-refractivity contribution in [2.75, 3.05) is 62.2 Å². The van der Waals surface area contributed by atoms with Gasteiger partial charge in [-0.05, 0) is 150 Å². The molecule has 0 radical (unpaired) electrons. The van der Waals surface area contributed by atoms with E-state index in [4.69, 9.17) is 19.4 Å². The van der Waals surface area contributed by atoms with E-state index in [2.05, 4.69) is 69.0 Å². The Morgan fingerprint density at radius 1 is 0.649 bits per heavy atom. The van der Waals surface area contributed by atoms with E-state index in [0.717, 1.165) is 144 Å². The molecule has 2 saturated heterocycles. The third-order valence-corrected chi connectivity index (χ3v) is 15.1. The molecule has 0 saturated carbocycles. The molecule has 0 spiro atoms. The van der Waals surface area contributed by atoms with Gasteiger partial charge in [-0.25, -0.2) is 9.97 Å². The Morgan fingerprint density at radius 2 is 1.09 bits per heavy atom. The summed E-state index contributed by atoms with van der Waals surface area (Å²) in [4.78, 5) is 71.4. The van der Waals surface area contributed by atoms with Gasteiger partial charge in [-0.1, -0.05) is 13.5 Å². The van der Waals surface area contributed by atoms with Crippen molar-refractivity contribution in [1.29, 1.82) is 0 Å². The number of rotatable bonds is 14. The summed E-state index contributed by atoms with van der Waals surface area (Å²) in [6.45, 7) is 25.3. The van der Waals surface area contributed by atoms with Crippen LogP contribution in [0.4, 0.5) is 11.6 Å². The molecule has 4 aliphatic rings. The van der Waals surface area contributed by atoms with Crippen LogP contribution in [-0.4, -0.2) is 95.1 Å². The van der Waals surface area contributed by atoms with Crippen LogP contribution in [0.5, 0.6) is 11.5 Å². The number of Topliss-reactive ketones (excluding diaryl/α,β-unsaturated/α-hetero) is 2. The standard InChI is InChI=1S/C30H36N4O3.C30H34N4O3/c2*1-5-30(4)17-23-15-22(26(35)8-7-24-19(2)14-20(3)33-29(24)36)16-25(28(23)37-30)21-6-9-27(32-18-21)34-12-10-31-11-13-34/h6,9,14-16,18,31H,5,7-8,10-13,17H2,1-4H3,(H,33,36);5-6,9,14-16,18,31H,1,7-8,10-13,17H2,2-4H3,(H,33,36). The zero-order valence-corrected chi connectivity index (χ0v) is 44.1. The summed E-state index contributed by atoms with van der Waals surface area (Å²) in [5.41, 5.74) is 10.7. The minimum absolute atomic E-state index is 0.000951. The first-order chi connectivity index (χ1) is 35.5. The van der Waals surface area contributed by atoms with Gasteiger partial charge in [-0.15, -0.1) is 0 Å². The fourth-order valence-corrected chi connectivity index (χ4v) is 10.7. The van der Waals surface area contributed by atoms with E-state index in [0.29, 0.717) is 41.5 Å². The SMILES string of the molecule is C=CC1(C)Cc2cc(C(=O)CCc3c(C)cc(C)[nH]c3=O)cc(-c3ccc(N4CCNCC4)nc3)c2O1.CCC1(C)Cc2cc(C(=O)CCc3c(C)cc(C)[nH]c3=O)cc(-c3ccc(N4CCNCC4)nc3)c2O1. The molecule has 2 fully saturated rings. The molecular formula is C60H70N8O6. The molecule has 0 amide bonds. The van der Waals surface area contributed by atoms with Crippen LogP contribution < -0.4 is 41.0 Å². The van der Waals surface area contributed by atoms with Crippen molar-refractivity contribution in [3.8, 4) is 33.8 Å². The van der Waals surface area contributed by atoms with Gasteiger partial charge in [-0.3, -0.25) is 19.2 Å². The van der Waals surface area contributed by atoms with E-state index < -0.39 is 5.60 Å². The van der Waals surface area contributed by atoms with Crippen LogP contribution in [-0.2, 0) is 25.7 Å². The van der Waals surface area contributed by atoms with E-state index in [1.165, 1.54) is 0 Å². The highest BCUT2D eigenvalue weighted by molar-refractivity contribution is 5.99. The minimum Gasteiger partial charge on any atom is -0.486 e. The molecule has 6 aromatic rings. The number of hydrogen-bond acceptors (Lipinski definition) is 12. The number of ketones is 2. The van der Waals surface area contributed by atoms with Crippen LogP contribution in [0.3, 0.4) is 0 Å². The van der Waals surface area contributed by atoms with Crippen LogP contribution in [0, 0.1) is 27.7 Å². The zero-order chi connectivity index (χ0) is 52.3. The number of pyridine rings is 4. The predicted molar refractivity (Wildman–Crippen MR) is 294 cm³/mol.